The van der Waals surface area contributed by atoms with Gasteiger partial charge in [-0.15, -0.1) is 0 Å². The molecule has 0 saturated heterocycles. The van der Waals surface area contributed by atoms with Gasteiger partial charge in [0, 0.05) is 30.2 Å². The molecule has 1 aromatic heterocycles. The van der Waals surface area contributed by atoms with Gasteiger partial charge in [-0.1, -0.05) is 11.6 Å². The molecule has 0 bridgehead atoms. The molecule has 7 heteroatoms. The Hall–Kier alpha value is -1.14. The summed E-state index contributed by atoms with van der Waals surface area (Å²) in [4.78, 5) is 26.8. The molecule has 2 N–H and O–H groups in total. The molecule has 0 aliphatic carbocycles. The van der Waals surface area contributed by atoms with Crippen molar-refractivity contribution in [2.24, 2.45) is 0 Å². The van der Waals surface area contributed by atoms with Crippen molar-refractivity contribution in [1.29, 1.82) is 0 Å². The summed E-state index contributed by atoms with van der Waals surface area (Å²) < 4.78 is 0.667. The molecule has 0 aliphatic rings. The van der Waals surface area contributed by atoms with Crippen molar-refractivity contribution in [3.05, 3.63) is 27.5 Å². The van der Waals surface area contributed by atoms with Crippen LogP contribution in [-0.4, -0.2) is 29.9 Å². The first-order chi connectivity index (χ1) is 8.54. The predicted molar refractivity (Wildman–Crippen MR) is 72.6 cm³/mol. The van der Waals surface area contributed by atoms with Crippen molar-refractivity contribution >= 4 is 39.3 Å². The minimum Gasteiger partial charge on any atom is -0.356 e. The van der Waals surface area contributed by atoms with E-state index in [1.165, 1.54) is 6.20 Å². The monoisotopic (exact) mass is 333 g/mol. The maximum Gasteiger partial charge on any atom is 0.254 e. The van der Waals surface area contributed by atoms with E-state index in [4.69, 9.17) is 11.6 Å². The Labute approximate surface area is 118 Å². The van der Waals surface area contributed by atoms with E-state index in [1.54, 1.807) is 6.07 Å². The number of rotatable bonds is 5. The Kier molecular flexibility index (Phi) is 6.07. The molecule has 0 fully saturated rings. The van der Waals surface area contributed by atoms with Gasteiger partial charge in [-0.3, -0.25) is 9.59 Å². The quantitative estimate of drug-likeness (QED) is 0.806. The number of carbonyl (C=O) groups is 2. The van der Waals surface area contributed by atoms with Crippen LogP contribution in [0, 0.1) is 0 Å². The Balaban J connectivity index is 2.50. The molecule has 18 heavy (non-hydrogen) atoms. The van der Waals surface area contributed by atoms with Crippen LogP contribution >= 0.6 is 27.5 Å². The minimum atomic E-state index is -0.349. The number of carbonyl (C=O) groups excluding carboxylic acids is 2. The van der Waals surface area contributed by atoms with Gasteiger partial charge in [0.1, 0.15) is 5.15 Å². The lowest BCUT2D eigenvalue weighted by molar-refractivity contribution is -0.120. The fourth-order valence-corrected chi connectivity index (χ4v) is 1.77. The molecule has 1 aromatic rings. The van der Waals surface area contributed by atoms with Crippen LogP contribution in [-0.2, 0) is 4.79 Å². The molecule has 2 amide bonds. The Morgan fingerprint density at radius 2 is 2.17 bits per heavy atom. The van der Waals surface area contributed by atoms with E-state index >= 15 is 0 Å². The van der Waals surface area contributed by atoms with Crippen molar-refractivity contribution in [2.75, 3.05) is 13.1 Å². The first-order valence-corrected chi connectivity index (χ1v) is 6.57. The van der Waals surface area contributed by atoms with Crippen molar-refractivity contribution in [2.45, 2.75) is 13.3 Å². The van der Waals surface area contributed by atoms with Crippen LogP contribution in [0.3, 0.4) is 0 Å². The van der Waals surface area contributed by atoms with E-state index in [-0.39, 0.29) is 35.5 Å². The van der Waals surface area contributed by atoms with Crippen LogP contribution in [0.5, 0.6) is 0 Å². The molecule has 1 rings (SSSR count). The highest BCUT2D eigenvalue weighted by molar-refractivity contribution is 9.10. The highest BCUT2D eigenvalue weighted by Gasteiger charge is 2.12. The number of hydrogen-bond donors (Lipinski definition) is 2. The van der Waals surface area contributed by atoms with Crippen LogP contribution in [0.1, 0.15) is 23.7 Å². The van der Waals surface area contributed by atoms with E-state index in [2.05, 4.69) is 31.5 Å². The standard InChI is InChI=1S/C11H13BrClN3O2/c1-2-14-9(17)3-4-15-11(18)8-5-7(12)6-16-10(8)13/h5-6H,2-4H2,1H3,(H,14,17)(H,15,18). The second-order valence-corrected chi connectivity index (χ2v) is 4.73. The van der Waals surface area contributed by atoms with Gasteiger partial charge >= 0.3 is 0 Å². The van der Waals surface area contributed by atoms with E-state index in [1.807, 2.05) is 6.92 Å². The smallest absolute Gasteiger partial charge is 0.254 e. The SMILES string of the molecule is CCNC(=O)CCNC(=O)c1cc(Br)cnc1Cl. The van der Waals surface area contributed by atoms with E-state index < -0.39 is 0 Å². The highest BCUT2D eigenvalue weighted by atomic mass is 79.9. The summed E-state index contributed by atoms with van der Waals surface area (Å²) in [5.41, 5.74) is 0.280. The van der Waals surface area contributed by atoms with Crippen LogP contribution in [0.4, 0.5) is 0 Å². The molecule has 0 unspecified atom stereocenters. The van der Waals surface area contributed by atoms with E-state index in [0.29, 0.717) is 11.0 Å². The third-order valence-corrected chi connectivity index (χ3v) is 2.80. The molecule has 0 atom stereocenters. The van der Waals surface area contributed by atoms with Gasteiger partial charge < -0.3 is 10.6 Å². The summed E-state index contributed by atoms with van der Waals surface area (Å²) >= 11 is 9.02. The van der Waals surface area contributed by atoms with Crippen LogP contribution in [0.15, 0.2) is 16.7 Å². The fraction of sp³-hybridized carbons (Fsp3) is 0.364. The average Bonchev–Trinajstić information content (AvgIpc) is 2.32. The molecule has 0 radical (unpaired) electrons. The summed E-state index contributed by atoms with van der Waals surface area (Å²) in [6.07, 6.45) is 1.74. The Morgan fingerprint density at radius 1 is 1.44 bits per heavy atom. The van der Waals surface area contributed by atoms with Gasteiger partial charge in [-0.25, -0.2) is 4.98 Å². The maximum atomic E-state index is 11.8. The zero-order valence-corrected chi connectivity index (χ0v) is 12.1. The molecule has 0 saturated carbocycles. The number of halogens is 2. The number of hydrogen-bond acceptors (Lipinski definition) is 3. The molecule has 1 heterocycles. The summed E-state index contributed by atoms with van der Waals surface area (Å²) in [5.74, 6) is -0.450. The molecule has 0 spiro atoms. The van der Waals surface area contributed by atoms with Crippen molar-refractivity contribution < 1.29 is 9.59 Å². The summed E-state index contributed by atoms with van der Waals surface area (Å²) in [6, 6.07) is 1.58. The lowest BCUT2D eigenvalue weighted by Crippen LogP contribution is -2.30. The van der Waals surface area contributed by atoms with E-state index in [9.17, 15) is 9.59 Å². The topological polar surface area (TPSA) is 71.1 Å². The zero-order chi connectivity index (χ0) is 13.5. The van der Waals surface area contributed by atoms with Gasteiger partial charge in [-0.2, -0.15) is 0 Å². The molecule has 0 aromatic carbocycles. The van der Waals surface area contributed by atoms with Crippen LogP contribution in [0.25, 0.3) is 0 Å². The first-order valence-electron chi connectivity index (χ1n) is 5.40. The largest absolute Gasteiger partial charge is 0.356 e. The average molecular weight is 335 g/mol. The lowest BCUT2D eigenvalue weighted by atomic mass is 10.2. The molecule has 5 nitrogen and oxygen atoms in total. The Bertz CT molecular complexity index is 454. The normalized spacial score (nSPS) is 9.94. The van der Waals surface area contributed by atoms with Gasteiger partial charge in [0.15, 0.2) is 0 Å². The summed E-state index contributed by atoms with van der Waals surface area (Å²) in [5, 5.41) is 5.39. The third-order valence-electron chi connectivity index (χ3n) is 2.06. The van der Waals surface area contributed by atoms with Crippen LogP contribution in [0.2, 0.25) is 5.15 Å². The van der Waals surface area contributed by atoms with Gasteiger partial charge in [0.2, 0.25) is 5.91 Å². The number of aromatic nitrogens is 1. The highest BCUT2D eigenvalue weighted by Crippen LogP contribution is 2.17. The summed E-state index contributed by atoms with van der Waals surface area (Å²) in [7, 11) is 0. The number of pyridine rings is 1. The number of nitrogens with one attached hydrogen (secondary N) is 2. The lowest BCUT2D eigenvalue weighted by Gasteiger charge is -2.06. The molecular weight excluding hydrogens is 321 g/mol. The molecular formula is C11H13BrClN3O2. The summed E-state index contributed by atoms with van der Waals surface area (Å²) in [6.45, 7) is 2.67. The van der Waals surface area contributed by atoms with Crippen molar-refractivity contribution in [1.82, 2.24) is 15.6 Å². The van der Waals surface area contributed by atoms with Crippen molar-refractivity contribution in [3.8, 4) is 0 Å². The fourth-order valence-electron chi connectivity index (χ4n) is 1.25. The maximum absolute atomic E-state index is 11.8. The zero-order valence-electron chi connectivity index (χ0n) is 9.80. The third kappa shape index (κ3) is 4.62. The number of amides is 2. The molecule has 0 aliphatic heterocycles. The van der Waals surface area contributed by atoms with Crippen molar-refractivity contribution in [3.63, 3.8) is 0 Å². The predicted octanol–water partition coefficient (Wildman–Crippen LogP) is 1.75. The second kappa shape index (κ2) is 7.33. The van der Waals surface area contributed by atoms with E-state index in [0.717, 1.165) is 0 Å². The number of nitrogens with zero attached hydrogens (tertiary/aromatic N) is 1. The van der Waals surface area contributed by atoms with Gasteiger partial charge in [0.05, 0.1) is 5.56 Å². The molecule has 98 valence electrons. The second-order valence-electron chi connectivity index (χ2n) is 3.45. The minimum absolute atomic E-state index is 0.101. The van der Waals surface area contributed by atoms with Crippen LogP contribution < -0.4 is 10.6 Å². The van der Waals surface area contributed by atoms with Gasteiger partial charge in [-0.05, 0) is 28.9 Å². The van der Waals surface area contributed by atoms with Gasteiger partial charge in [0.25, 0.3) is 5.91 Å². The Morgan fingerprint density at radius 3 is 2.83 bits per heavy atom. The first kappa shape index (κ1) is 14.9.